The SMILES string of the molecule is COC(=O)CN(Cc1cc(OC)cc(OC)c1)C(=O)c1ccc2c(c1)C(=O)N(Cc1ccco1)C2=O. The van der Waals surface area contributed by atoms with Gasteiger partial charge in [0.1, 0.15) is 23.8 Å². The largest absolute Gasteiger partial charge is 0.497 e. The zero-order valence-electron chi connectivity index (χ0n) is 20.0. The van der Waals surface area contributed by atoms with Crippen molar-refractivity contribution in [2.75, 3.05) is 27.9 Å². The number of carbonyl (C=O) groups is 4. The van der Waals surface area contributed by atoms with E-state index in [0.29, 0.717) is 22.8 Å². The Morgan fingerprint density at radius 2 is 1.61 bits per heavy atom. The van der Waals surface area contributed by atoms with Crippen LogP contribution in [0.1, 0.15) is 42.4 Å². The molecule has 1 aromatic heterocycles. The van der Waals surface area contributed by atoms with E-state index in [1.165, 1.54) is 50.7 Å². The van der Waals surface area contributed by atoms with E-state index >= 15 is 0 Å². The van der Waals surface area contributed by atoms with Gasteiger partial charge in [0.05, 0.1) is 45.3 Å². The number of ether oxygens (including phenoxy) is 3. The number of furan rings is 1. The second-order valence-corrected chi connectivity index (χ2v) is 7.99. The van der Waals surface area contributed by atoms with Crippen molar-refractivity contribution in [3.63, 3.8) is 0 Å². The third-order valence-corrected chi connectivity index (χ3v) is 5.73. The molecule has 4 rings (SSSR count). The summed E-state index contributed by atoms with van der Waals surface area (Å²) in [5.74, 6) is -0.636. The van der Waals surface area contributed by atoms with Crippen LogP contribution in [0.25, 0.3) is 0 Å². The number of rotatable bonds is 9. The summed E-state index contributed by atoms with van der Waals surface area (Å²) in [6.45, 7) is -0.311. The summed E-state index contributed by atoms with van der Waals surface area (Å²) < 4.78 is 20.6. The number of imide groups is 1. The molecule has 1 aliphatic heterocycles. The van der Waals surface area contributed by atoms with E-state index in [-0.39, 0.29) is 36.3 Å². The summed E-state index contributed by atoms with van der Waals surface area (Å²) in [4.78, 5) is 53.6. The van der Waals surface area contributed by atoms with Gasteiger partial charge >= 0.3 is 5.97 Å². The van der Waals surface area contributed by atoms with Crippen molar-refractivity contribution in [2.24, 2.45) is 0 Å². The minimum absolute atomic E-state index is 0.0191. The molecule has 0 saturated carbocycles. The number of fused-ring (bicyclic) bond motifs is 1. The van der Waals surface area contributed by atoms with Gasteiger partial charge in [-0.25, -0.2) is 0 Å². The van der Waals surface area contributed by atoms with Gasteiger partial charge in [-0.1, -0.05) is 0 Å². The summed E-state index contributed by atoms with van der Waals surface area (Å²) in [7, 11) is 4.24. The molecule has 1 aliphatic rings. The van der Waals surface area contributed by atoms with Crippen molar-refractivity contribution in [1.29, 1.82) is 0 Å². The lowest BCUT2D eigenvalue weighted by atomic mass is 10.0. The first-order valence-corrected chi connectivity index (χ1v) is 10.9. The van der Waals surface area contributed by atoms with Gasteiger partial charge in [-0.3, -0.25) is 24.1 Å². The smallest absolute Gasteiger partial charge is 0.325 e. The van der Waals surface area contributed by atoms with Crippen LogP contribution in [0.3, 0.4) is 0 Å². The first-order valence-electron chi connectivity index (χ1n) is 10.9. The molecule has 0 fully saturated rings. The van der Waals surface area contributed by atoms with Crippen LogP contribution >= 0.6 is 0 Å². The second kappa shape index (κ2) is 10.3. The van der Waals surface area contributed by atoms with Crippen LogP contribution in [-0.4, -0.2) is 61.4 Å². The minimum Gasteiger partial charge on any atom is -0.497 e. The van der Waals surface area contributed by atoms with Crippen LogP contribution in [0, 0.1) is 0 Å². The first kappa shape index (κ1) is 24.5. The molecule has 0 saturated heterocycles. The summed E-state index contributed by atoms with van der Waals surface area (Å²) in [5.41, 5.74) is 1.10. The van der Waals surface area contributed by atoms with Crippen LogP contribution < -0.4 is 9.47 Å². The Kier molecular flexibility index (Phi) is 7.05. The van der Waals surface area contributed by atoms with E-state index in [2.05, 4.69) is 0 Å². The summed E-state index contributed by atoms with van der Waals surface area (Å²) >= 11 is 0. The van der Waals surface area contributed by atoms with E-state index < -0.39 is 23.7 Å². The lowest BCUT2D eigenvalue weighted by Gasteiger charge is -2.22. The maximum atomic E-state index is 13.5. The molecular weight excluding hydrogens is 468 g/mol. The fraction of sp³-hybridized carbons (Fsp3) is 0.231. The normalized spacial score (nSPS) is 12.4. The molecule has 36 heavy (non-hydrogen) atoms. The fourth-order valence-corrected chi connectivity index (χ4v) is 3.91. The minimum atomic E-state index is -0.616. The third kappa shape index (κ3) is 4.92. The molecule has 0 unspecified atom stereocenters. The van der Waals surface area contributed by atoms with Crippen molar-refractivity contribution in [3.8, 4) is 11.5 Å². The summed E-state index contributed by atoms with van der Waals surface area (Å²) in [6, 6.07) is 12.7. The van der Waals surface area contributed by atoms with Gasteiger partial charge < -0.3 is 23.5 Å². The Morgan fingerprint density at radius 3 is 2.22 bits per heavy atom. The molecule has 0 spiro atoms. The van der Waals surface area contributed by atoms with E-state index in [9.17, 15) is 19.2 Å². The van der Waals surface area contributed by atoms with Gasteiger partial charge in [-0.15, -0.1) is 0 Å². The Morgan fingerprint density at radius 1 is 0.917 bits per heavy atom. The van der Waals surface area contributed by atoms with Crippen molar-refractivity contribution >= 4 is 23.7 Å². The number of nitrogens with zero attached hydrogens (tertiary/aromatic N) is 2. The molecule has 3 amide bonds. The van der Waals surface area contributed by atoms with Crippen molar-refractivity contribution in [3.05, 3.63) is 82.8 Å². The molecule has 0 aliphatic carbocycles. The number of esters is 1. The number of methoxy groups -OCH3 is 3. The highest BCUT2D eigenvalue weighted by atomic mass is 16.5. The number of carbonyl (C=O) groups excluding carboxylic acids is 4. The van der Waals surface area contributed by atoms with Gasteiger partial charge in [0.2, 0.25) is 0 Å². The quantitative estimate of drug-likeness (QED) is 0.331. The van der Waals surface area contributed by atoms with Gasteiger partial charge in [-0.05, 0) is 48.0 Å². The number of amides is 3. The van der Waals surface area contributed by atoms with Crippen LogP contribution in [0.4, 0.5) is 0 Å². The van der Waals surface area contributed by atoms with E-state index in [1.807, 2.05) is 0 Å². The molecule has 0 N–H and O–H groups in total. The second-order valence-electron chi connectivity index (χ2n) is 7.99. The highest BCUT2D eigenvalue weighted by Gasteiger charge is 2.37. The molecule has 10 heteroatoms. The van der Waals surface area contributed by atoms with Crippen molar-refractivity contribution in [1.82, 2.24) is 9.80 Å². The molecule has 0 atom stereocenters. The topological polar surface area (TPSA) is 116 Å². The van der Waals surface area contributed by atoms with E-state index in [1.54, 1.807) is 30.3 Å². The number of hydrogen-bond acceptors (Lipinski definition) is 8. The Labute approximate surface area is 206 Å². The van der Waals surface area contributed by atoms with Gasteiger partial charge in [0, 0.05) is 18.2 Å². The van der Waals surface area contributed by atoms with Gasteiger partial charge in [0.15, 0.2) is 0 Å². The Bertz CT molecular complexity index is 1290. The summed E-state index contributed by atoms with van der Waals surface area (Å²) in [6.07, 6.45) is 1.46. The molecule has 0 bridgehead atoms. The Hall–Kier alpha value is -4.60. The number of hydrogen-bond donors (Lipinski definition) is 0. The molecule has 3 aromatic rings. The average molecular weight is 492 g/mol. The maximum Gasteiger partial charge on any atom is 0.325 e. The van der Waals surface area contributed by atoms with Crippen LogP contribution in [0.15, 0.2) is 59.2 Å². The molecule has 2 aromatic carbocycles. The van der Waals surface area contributed by atoms with E-state index in [4.69, 9.17) is 18.6 Å². The van der Waals surface area contributed by atoms with Gasteiger partial charge in [0.25, 0.3) is 17.7 Å². The Balaban J connectivity index is 1.62. The first-order chi connectivity index (χ1) is 17.3. The van der Waals surface area contributed by atoms with Gasteiger partial charge in [-0.2, -0.15) is 0 Å². The average Bonchev–Trinajstić information content (AvgIpc) is 3.50. The predicted molar refractivity (Wildman–Crippen MR) is 126 cm³/mol. The zero-order chi connectivity index (χ0) is 25.8. The maximum absolute atomic E-state index is 13.5. The van der Waals surface area contributed by atoms with Crippen molar-refractivity contribution < 1.29 is 37.8 Å². The highest BCUT2D eigenvalue weighted by molar-refractivity contribution is 6.22. The molecule has 0 radical (unpaired) electrons. The third-order valence-electron chi connectivity index (χ3n) is 5.73. The van der Waals surface area contributed by atoms with Crippen LogP contribution in [0.2, 0.25) is 0 Å². The fourth-order valence-electron chi connectivity index (χ4n) is 3.91. The highest BCUT2D eigenvalue weighted by Crippen LogP contribution is 2.27. The molecule has 2 heterocycles. The lowest BCUT2D eigenvalue weighted by Crippen LogP contribution is -2.36. The monoisotopic (exact) mass is 492 g/mol. The lowest BCUT2D eigenvalue weighted by molar-refractivity contribution is -0.141. The molecular formula is C26H24N2O8. The molecule has 10 nitrogen and oxygen atoms in total. The van der Waals surface area contributed by atoms with Crippen LogP contribution in [-0.2, 0) is 22.6 Å². The van der Waals surface area contributed by atoms with Crippen molar-refractivity contribution in [2.45, 2.75) is 13.1 Å². The standard InChI is InChI=1S/C26H24N2O8/c1-33-19-9-16(10-20(12-19)34-2)13-27(15-23(29)35-3)24(30)17-6-7-21-22(11-17)26(32)28(25(21)31)14-18-5-4-8-36-18/h4-12H,13-15H2,1-3H3. The zero-order valence-corrected chi connectivity index (χ0v) is 20.0. The van der Waals surface area contributed by atoms with Crippen LogP contribution in [0.5, 0.6) is 11.5 Å². The predicted octanol–water partition coefficient (Wildman–Crippen LogP) is 2.91. The molecule has 186 valence electrons. The number of benzene rings is 2. The van der Waals surface area contributed by atoms with E-state index in [0.717, 1.165) is 4.90 Å². The summed E-state index contributed by atoms with van der Waals surface area (Å²) in [5, 5.41) is 0.